The van der Waals surface area contributed by atoms with E-state index in [4.69, 9.17) is 9.97 Å². The lowest BCUT2D eigenvalue weighted by Gasteiger charge is -2.18. The molecule has 2 aromatic carbocycles. The Hall–Kier alpha value is -3.24. The van der Waals surface area contributed by atoms with Gasteiger partial charge in [-0.15, -0.1) is 0 Å². The van der Waals surface area contributed by atoms with E-state index in [1.807, 2.05) is 35.0 Å². The fraction of sp³-hybridized carbons (Fsp3) is 0.367. The van der Waals surface area contributed by atoms with E-state index in [0.717, 1.165) is 47.6 Å². The van der Waals surface area contributed by atoms with E-state index in [9.17, 15) is 4.57 Å². The first-order valence-corrected chi connectivity index (χ1v) is 15.3. The molecular weight excluding hydrogens is 477 g/mol. The second-order valence-corrected chi connectivity index (χ2v) is 13.2. The molecule has 6 nitrogen and oxygen atoms in total. The molecular formula is C30H38N5OP. The van der Waals surface area contributed by atoms with Gasteiger partial charge >= 0.3 is 0 Å². The van der Waals surface area contributed by atoms with Crippen molar-refractivity contribution in [2.45, 2.75) is 60.3 Å². The highest BCUT2D eigenvalue weighted by molar-refractivity contribution is 7.71. The minimum absolute atomic E-state index is 0.159. The SMILES string of the molecule is CCCP(=O)(CCC)c1ccc(Nc2nc(C(C)C)nc3c2ncn3C=Cc2c(C)cccc2C)cc1. The third kappa shape index (κ3) is 5.86. The Labute approximate surface area is 220 Å². The van der Waals surface area contributed by atoms with Crippen LogP contribution >= 0.6 is 7.14 Å². The largest absolute Gasteiger partial charge is 0.338 e. The van der Waals surface area contributed by atoms with Crippen molar-refractivity contribution in [3.63, 3.8) is 0 Å². The Morgan fingerprint density at radius 3 is 2.22 bits per heavy atom. The molecule has 0 spiro atoms. The molecule has 4 rings (SSSR count). The maximum Gasteiger partial charge on any atom is 0.169 e. The van der Waals surface area contributed by atoms with E-state index in [1.54, 1.807) is 6.33 Å². The number of anilines is 2. The minimum Gasteiger partial charge on any atom is -0.338 e. The van der Waals surface area contributed by atoms with Gasteiger partial charge in [0.1, 0.15) is 19.3 Å². The molecule has 0 aliphatic heterocycles. The summed E-state index contributed by atoms with van der Waals surface area (Å²) in [4.78, 5) is 14.3. The zero-order valence-electron chi connectivity index (χ0n) is 22.8. The lowest BCUT2D eigenvalue weighted by Crippen LogP contribution is -2.11. The number of aryl methyl sites for hydroxylation is 2. The average Bonchev–Trinajstić information content (AvgIpc) is 3.28. The molecule has 0 bridgehead atoms. The van der Waals surface area contributed by atoms with E-state index < -0.39 is 7.14 Å². The second kappa shape index (κ2) is 11.4. The van der Waals surface area contributed by atoms with Crippen LogP contribution in [0.3, 0.4) is 0 Å². The molecule has 0 aliphatic rings. The molecule has 4 aromatic rings. The molecule has 1 N–H and O–H groups in total. The highest BCUT2D eigenvalue weighted by Gasteiger charge is 2.22. The van der Waals surface area contributed by atoms with E-state index in [2.05, 4.69) is 76.1 Å². The van der Waals surface area contributed by atoms with Gasteiger partial charge in [0.25, 0.3) is 0 Å². The summed E-state index contributed by atoms with van der Waals surface area (Å²) in [5, 5.41) is 4.41. The first-order chi connectivity index (χ1) is 17.8. The number of fused-ring (bicyclic) bond motifs is 1. The summed E-state index contributed by atoms with van der Waals surface area (Å²) < 4.78 is 15.5. The molecule has 2 aromatic heterocycles. The van der Waals surface area contributed by atoms with Crippen molar-refractivity contribution in [2.24, 2.45) is 0 Å². The van der Waals surface area contributed by atoms with Gasteiger partial charge in [0, 0.05) is 35.4 Å². The van der Waals surface area contributed by atoms with Crippen molar-refractivity contribution in [3.05, 3.63) is 71.3 Å². The first-order valence-electron chi connectivity index (χ1n) is 13.2. The van der Waals surface area contributed by atoms with Gasteiger partial charge in [0.05, 0.1) is 0 Å². The summed E-state index contributed by atoms with van der Waals surface area (Å²) in [5.74, 6) is 1.59. The number of nitrogens with one attached hydrogen (secondary N) is 1. The minimum atomic E-state index is -2.35. The molecule has 0 amide bonds. The number of nitrogens with zero attached hydrogens (tertiary/aromatic N) is 4. The molecule has 194 valence electrons. The van der Waals surface area contributed by atoms with Gasteiger partial charge in [-0.25, -0.2) is 15.0 Å². The normalized spacial score (nSPS) is 12.2. The Bertz CT molecular complexity index is 1420. The standard InChI is InChI=1S/C30H38N5OP/c1-7-18-37(36,19-8-2)25-14-12-24(13-15-25)32-29-27-30(34-28(33-29)21(3)4)35(20-31-27)17-16-26-22(5)10-9-11-23(26)6/h9-17,20-21H,7-8,18-19H2,1-6H3,(H,32,33,34). The van der Waals surface area contributed by atoms with Gasteiger partial charge in [0.2, 0.25) is 0 Å². The molecule has 0 radical (unpaired) electrons. The maximum atomic E-state index is 13.5. The smallest absolute Gasteiger partial charge is 0.169 e. The molecule has 0 aliphatic carbocycles. The second-order valence-electron chi connectivity index (χ2n) is 10.0. The van der Waals surface area contributed by atoms with Crippen LogP contribution in [-0.2, 0) is 4.57 Å². The molecule has 0 fully saturated rings. The highest BCUT2D eigenvalue weighted by Crippen LogP contribution is 2.45. The molecule has 7 heteroatoms. The van der Waals surface area contributed by atoms with Crippen molar-refractivity contribution < 1.29 is 4.57 Å². The summed E-state index contributed by atoms with van der Waals surface area (Å²) in [6, 6.07) is 14.3. The fourth-order valence-corrected chi connectivity index (χ4v) is 7.56. The summed E-state index contributed by atoms with van der Waals surface area (Å²) in [6.45, 7) is 12.6. The number of hydrogen-bond donors (Lipinski definition) is 1. The maximum absolute atomic E-state index is 13.5. The van der Waals surface area contributed by atoms with E-state index >= 15 is 0 Å². The average molecular weight is 516 g/mol. The van der Waals surface area contributed by atoms with Gasteiger partial charge in [-0.2, -0.15) is 0 Å². The van der Waals surface area contributed by atoms with Crippen LogP contribution in [0.5, 0.6) is 0 Å². The molecule has 0 atom stereocenters. The molecule has 0 unspecified atom stereocenters. The Morgan fingerprint density at radius 1 is 0.973 bits per heavy atom. The number of hydrogen-bond acceptors (Lipinski definition) is 5. The van der Waals surface area contributed by atoms with E-state index in [1.165, 1.54) is 16.7 Å². The van der Waals surface area contributed by atoms with Gasteiger partial charge in [-0.05, 0) is 73.7 Å². The number of imidazole rings is 1. The van der Waals surface area contributed by atoms with Crippen LogP contribution in [-0.4, -0.2) is 31.8 Å². The van der Waals surface area contributed by atoms with Crippen molar-refractivity contribution in [2.75, 3.05) is 17.6 Å². The summed E-state index contributed by atoms with van der Waals surface area (Å²) in [6.07, 6.45) is 9.27. The Balaban J connectivity index is 1.69. The molecule has 0 saturated carbocycles. The van der Waals surface area contributed by atoms with Gasteiger partial charge < -0.3 is 9.88 Å². The van der Waals surface area contributed by atoms with Crippen LogP contribution in [0.1, 0.15) is 69.0 Å². The molecule has 0 saturated heterocycles. The van der Waals surface area contributed by atoms with Crippen LogP contribution in [0.25, 0.3) is 23.4 Å². The summed E-state index contributed by atoms with van der Waals surface area (Å²) in [7, 11) is -2.35. The number of rotatable bonds is 10. The lowest BCUT2D eigenvalue weighted by atomic mass is 10.0. The highest BCUT2D eigenvalue weighted by atomic mass is 31.2. The third-order valence-corrected chi connectivity index (χ3v) is 10.2. The monoisotopic (exact) mass is 515 g/mol. The first kappa shape index (κ1) is 26.8. The van der Waals surface area contributed by atoms with Crippen molar-refractivity contribution in [1.82, 2.24) is 19.5 Å². The van der Waals surface area contributed by atoms with Crippen molar-refractivity contribution in [3.8, 4) is 0 Å². The Morgan fingerprint density at radius 2 is 1.62 bits per heavy atom. The van der Waals surface area contributed by atoms with Crippen LogP contribution in [0, 0.1) is 13.8 Å². The Kier molecular flexibility index (Phi) is 8.29. The number of aromatic nitrogens is 4. The summed E-state index contributed by atoms with van der Waals surface area (Å²) >= 11 is 0. The van der Waals surface area contributed by atoms with E-state index in [-0.39, 0.29) is 5.92 Å². The topological polar surface area (TPSA) is 72.7 Å². The van der Waals surface area contributed by atoms with Crippen LogP contribution in [0.2, 0.25) is 0 Å². The van der Waals surface area contributed by atoms with Gasteiger partial charge in [-0.3, -0.25) is 4.57 Å². The zero-order valence-corrected chi connectivity index (χ0v) is 23.7. The van der Waals surface area contributed by atoms with Gasteiger partial charge in [0.15, 0.2) is 17.0 Å². The third-order valence-electron chi connectivity index (χ3n) is 6.67. The van der Waals surface area contributed by atoms with Crippen LogP contribution in [0.4, 0.5) is 11.5 Å². The van der Waals surface area contributed by atoms with Gasteiger partial charge in [-0.1, -0.05) is 45.9 Å². The molecule has 37 heavy (non-hydrogen) atoms. The van der Waals surface area contributed by atoms with Crippen molar-refractivity contribution >= 4 is 47.4 Å². The summed E-state index contributed by atoms with van der Waals surface area (Å²) in [5.41, 5.74) is 6.01. The quantitative estimate of drug-likeness (QED) is 0.219. The lowest BCUT2D eigenvalue weighted by molar-refractivity contribution is 0.579. The van der Waals surface area contributed by atoms with Crippen LogP contribution in [0.15, 0.2) is 48.8 Å². The van der Waals surface area contributed by atoms with Crippen LogP contribution < -0.4 is 10.6 Å². The molecule has 2 heterocycles. The fourth-order valence-electron chi connectivity index (χ4n) is 4.68. The van der Waals surface area contributed by atoms with Crippen molar-refractivity contribution in [1.29, 1.82) is 0 Å². The number of benzene rings is 2. The predicted molar refractivity (Wildman–Crippen MR) is 158 cm³/mol. The van der Waals surface area contributed by atoms with E-state index in [0.29, 0.717) is 11.3 Å². The zero-order chi connectivity index (χ0) is 26.6. The predicted octanol–water partition coefficient (Wildman–Crippen LogP) is 7.75.